The summed E-state index contributed by atoms with van der Waals surface area (Å²) in [6.45, 7) is 0. The van der Waals surface area contributed by atoms with E-state index in [2.05, 4.69) is 180 Å². The number of fused-ring (bicyclic) bond motifs is 9. The predicted octanol–water partition coefficient (Wildman–Crippen LogP) is 15.6. The molecule has 5 nitrogen and oxygen atoms in total. The molecule has 0 saturated carbocycles. The second-order valence-corrected chi connectivity index (χ2v) is 17.0. The van der Waals surface area contributed by atoms with Crippen LogP contribution in [0.3, 0.4) is 0 Å². The monoisotopic (exact) mass is 822 g/mol. The molecule has 0 atom stereocenters. The van der Waals surface area contributed by atoms with Crippen LogP contribution in [-0.2, 0) is 0 Å². The van der Waals surface area contributed by atoms with Crippen molar-refractivity contribution in [2.24, 2.45) is 0 Å². The van der Waals surface area contributed by atoms with Crippen molar-refractivity contribution < 1.29 is 4.42 Å². The van der Waals surface area contributed by atoms with Gasteiger partial charge in [-0.15, -0.1) is 11.3 Å². The molecule has 0 saturated heterocycles. The molecule has 4 aromatic heterocycles. The molecule has 0 N–H and O–H groups in total. The number of rotatable bonds is 6. The highest BCUT2D eigenvalue weighted by molar-refractivity contribution is 7.26. The molecule has 9 aromatic carbocycles. The first-order valence-electron chi connectivity index (χ1n) is 21.1. The van der Waals surface area contributed by atoms with Gasteiger partial charge in [-0.05, 0) is 70.8 Å². The summed E-state index contributed by atoms with van der Waals surface area (Å²) in [6, 6.07) is 72.6. The number of furan rings is 1. The van der Waals surface area contributed by atoms with Crippen LogP contribution >= 0.6 is 11.3 Å². The third-order valence-corrected chi connectivity index (χ3v) is 13.4. The van der Waals surface area contributed by atoms with E-state index < -0.39 is 0 Å². The van der Waals surface area contributed by atoms with Gasteiger partial charge in [0.2, 0.25) is 0 Å². The van der Waals surface area contributed by atoms with E-state index in [1.807, 2.05) is 30.3 Å². The van der Waals surface area contributed by atoms with Crippen molar-refractivity contribution >= 4 is 75.3 Å². The summed E-state index contributed by atoms with van der Waals surface area (Å²) in [5.74, 6) is 1.83. The summed E-state index contributed by atoms with van der Waals surface area (Å²) >= 11 is 1.80. The molecular weight excluding hydrogens is 789 g/mol. The van der Waals surface area contributed by atoms with Crippen LogP contribution in [0, 0.1) is 0 Å². The molecular formula is C57H34N4OS. The van der Waals surface area contributed by atoms with Gasteiger partial charge in [0.25, 0.3) is 0 Å². The third-order valence-electron chi connectivity index (χ3n) is 12.3. The SMILES string of the molecule is c1ccc(-c2ccc3c(c2)c2ccccc2n3-c2ccc3c(c2)oc2cccc(-c4nc(-c5ccccc5)nc(-c5ccc6c(c5)sc5cccc(-c7ccccc7)c56)n4)c23)cc1. The molecule has 0 radical (unpaired) electrons. The first kappa shape index (κ1) is 35.6. The minimum absolute atomic E-state index is 0.593. The van der Waals surface area contributed by atoms with E-state index in [9.17, 15) is 0 Å². The summed E-state index contributed by atoms with van der Waals surface area (Å²) < 4.78 is 11.5. The maximum atomic E-state index is 6.72. The first-order valence-corrected chi connectivity index (χ1v) is 21.9. The largest absolute Gasteiger partial charge is 0.456 e. The summed E-state index contributed by atoms with van der Waals surface area (Å²) in [4.78, 5) is 15.5. The van der Waals surface area contributed by atoms with Gasteiger partial charge < -0.3 is 8.98 Å². The summed E-state index contributed by atoms with van der Waals surface area (Å²) in [5.41, 5.74) is 12.5. The van der Waals surface area contributed by atoms with Crippen LogP contribution in [0.25, 0.3) is 126 Å². The maximum absolute atomic E-state index is 6.72. The molecule has 0 aliphatic heterocycles. The van der Waals surface area contributed by atoms with E-state index in [4.69, 9.17) is 19.4 Å². The van der Waals surface area contributed by atoms with Crippen LogP contribution in [-0.4, -0.2) is 19.5 Å². The molecule has 0 unspecified atom stereocenters. The Hall–Kier alpha value is -8.19. The Kier molecular flexibility index (Phi) is 8.01. The molecule has 0 spiro atoms. The van der Waals surface area contributed by atoms with Crippen LogP contribution in [0.2, 0.25) is 0 Å². The summed E-state index contributed by atoms with van der Waals surface area (Å²) in [6.07, 6.45) is 0. The highest BCUT2D eigenvalue weighted by Crippen LogP contribution is 2.43. The zero-order valence-electron chi connectivity index (χ0n) is 33.7. The molecule has 4 heterocycles. The van der Waals surface area contributed by atoms with E-state index in [0.717, 1.165) is 55.3 Å². The van der Waals surface area contributed by atoms with Gasteiger partial charge >= 0.3 is 0 Å². The van der Waals surface area contributed by atoms with Gasteiger partial charge in [-0.25, -0.2) is 15.0 Å². The molecule has 0 fully saturated rings. The Bertz CT molecular complexity index is 3910. The number of hydrogen-bond acceptors (Lipinski definition) is 5. The highest BCUT2D eigenvalue weighted by Gasteiger charge is 2.21. The maximum Gasteiger partial charge on any atom is 0.164 e. The van der Waals surface area contributed by atoms with E-state index >= 15 is 0 Å². The lowest BCUT2D eigenvalue weighted by molar-refractivity contribution is 0.668. The lowest BCUT2D eigenvalue weighted by Gasteiger charge is -2.10. The standard InChI is InChI=1S/C57H34N4OS/c1-4-14-35(15-5-1)38-27-31-48-46(32-38)42-20-10-11-23-47(42)61(48)40-28-30-43-50(34-40)62-49-24-12-22-45(53(43)49)57-59-55(37-18-8-3-9-19-37)58-56(60-57)39-26-29-44-52(33-39)63-51-25-13-21-41(54(44)51)36-16-6-2-7-17-36/h1-34H. The minimum Gasteiger partial charge on any atom is -0.456 e. The normalized spacial score (nSPS) is 11.8. The third kappa shape index (κ3) is 5.80. The summed E-state index contributed by atoms with van der Waals surface area (Å²) in [5, 5.41) is 6.89. The summed E-state index contributed by atoms with van der Waals surface area (Å²) in [7, 11) is 0. The molecule has 0 aliphatic carbocycles. The Morgan fingerprint density at radius 2 is 1.00 bits per heavy atom. The van der Waals surface area contributed by atoms with Gasteiger partial charge in [-0.2, -0.15) is 0 Å². The quantitative estimate of drug-likeness (QED) is 0.168. The van der Waals surface area contributed by atoms with E-state index in [-0.39, 0.29) is 0 Å². The number of aromatic nitrogens is 4. The molecule has 13 rings (SSSR count). The van der Waals surface area contributed by atoms with Crippen LogP contribution in [0.5, 0.6) is 0 Å². The molecule has 13 aromatic rings. The van der Waals surface area contributed by atoms with Gasteiger partial charge in [-0.1, -0.05) is 152 Å². The Morgan fingerprint density at radius 3 is 1.83 bits per heavy atom. The van der Waals surface area contributed by atoms with Crippen LogP contribution < -0.4 is 0 Å². The van der Waals surface area contributed by atoms with Crippen molar-refractivity contribution in [1.82, 2.24) is 19.5 Å². The Morgan fingerprint density at radius 1 is 0.349 bits per heavy atom. The minimum atomic E-state index is 0.593. The van der Waals surface area contributed by atoms with Crippen molar-refractivity contribution in [3.63, 3.8) is 0 Å². The molecule has 0 aliphatic rings. The fraction of sp³-hybridized carbons (Fsp3) is 0. The second kappa shape index (κ2) is 14.2. The fourth-order valence-corrected chi connectivity index (χ4v) is 10.5. The van der Waals surface area contributed by atoms with Crippen molar-refractivity contribution in [3.05, 3.63) is 206 Å². The van der Waals surface area contributed by atoms with Gasteiger partial charge in [0.05, 0.1) is 11.0 Å². The van der Waals surface area contributed by atoms with E-state index in [1.165, 1.54) is 53.2 Å². The van der Waals surface area contributed by atoms with Crippen molar-refractivity contribution in [2.75, 3.05) is 0 Å². The second-order valence-electron chi connectivity index (χ2n) is 15.9. The Balaban J connectivity index is 0.960. The fourth-order valence-electron chi connectivity index (χ4n) is 9.37. The average Bonchev–Trinajstić information content (AvgIpc) is 4.03. The molecule has 0 bridgehead atoms. The van der Waals surface area contributed by atoms with Crippen LogP contribution in [0.15, 0.2) is 211 Å². The van der Waals surface area contributed by atoms with Crippen LogP contribution in [0.4, 0.5) is 0 Å². The lowest BCUT2D eigenvalue weighted by Crippen LogP contribution is -2.00. The van der Waals surface area contributed by atoms with Gasteiger partial charge in [0, 0.05) is 70.2 Å². The first-order chi connectivity index (χ1) is 31.2. The lowest BCUT2D eigenvalue weighted by atomic mass is 9.99. The molecule has 63 heavy (non-hydrogen) atoms. The predicted molar refractivity (Wildman–Crippen MR) is 262 cm³/mol. The van der Waals surface area contributed by atoms with Crippen molar-refractivity contribution in [3.8, 4) is 62.1 Å². The van der Waals surface area contributed by atoms with Crippen LogP contribution in [0.1, 0.15) is 0 Å². The zero-order chi connectivity index (χ0) is 41.4. The molecule has 294 valence electrons. The molecule has 0 amide bonds. The van der Waals surface area contributed by atoms with Gasteiger partial charge in [0.15, 0.2) is 17.5 Å². The van der Waals surface area contributed by atoms with Crippen molar-refractivity contribution in [1.29, 1.82) is 0 Å². The highest BCUT2D eigenvalue weighted by atomic mass is 32.1. The number of para-hydroxylation sites is 1. The number of benzene rings is 9. The average molecular weight is 823 g/mol. The van der Waals surface area contributed by atoms with E-state index in [0.29, 0.717) is 17.5 Å². The number of nitrogens with zero attached hydrogens (tertiary/aromatic N) is 4. The van der Waals surface area contributed by atoms with Gasteiger partial charge in [0.1, 0.15) is 11.2 Å². The van der Waals surface area contributed by atoms with Gasteiger partial charge in [-0.3, -0.25) is 0 Å². The smallest absolute Gasteiger partial charge is 0.164 e. The topological polar surface area (TPSA) is 56.7 Å². The molecule has 6 heteroatoms. The Labute approximate surface area is 365 Å². The zero-order valence-corrected chi connectivity index (χ0v) is 34.6. The number of thiophene rings is 1. The van der Waals surface area contributed by atoms with E-state index in [1.54, 1.807) is 11.3 Å². The van der Waals surface area contributed by atoms with Crippen molar-refractivity contribution in [2.45, 2.75) is 0 Å². The number of hydrogen-bond donors (Lipinski definition) is 0.